The molecule has 2 unspecified atom stereocenters. The largest absolute Gasteiger partial charge is 0.390 e. The summed E-state index contributed by atoms with van der Waals surface area (Å²) in [5.74, 6) is 3.10. The second kappa shape index (κ2) is 7.27. The van der Waals surface area contributed by atoms with Crippen molar-refractivity contribution in [1.29, 1.82) is 0 Å². The Morgan fingerprint density at radius 1 is 1.31 bits per heavy atom. The number of anilines is 1. The van der Waals surface area contributed by atoms with Gasteiger partial charge in [-0.15, -0.1) is 0 Å². The average Bonchev–Trinajstić information content (AvgIpc) is 3.06. The molecular formula is C22H35N5O2. The van der Waals surface area contributed by atoms with Crippen LogP contribution < -0.4 is 15.5 Å². The third-order valence-electron chi connectivity index (χ3n) is 8.01. The molecule has 1 amide bonds. The van der Waals surface area contributed by atoms with Gasteiger partial charge in [0.25, 0.3) is 5.91 Å². The minimum Gasteiger partial charge on any atom is -0.390 e. The molecule has 2 atom stereocenters. The number of aliphatic hydroxyl groups is 1. The van der Waals surface area contributed by atoms with Crippen LogP contribution in [0.5, 0.6) is 0 Å². The smallest absolute Gasteiger partial charge is 0.272 e. The summed E-state index contributed by atoms with van der Waals surface area (Å²) in [6.07, 6.45) is 7.36. The van der Waals surface area contributed by atoms with Crippen LogP contribution in [0.25, 0.3) is 0 Å². The number of carbonyl (C=O) groups is 1. The van der Waals surface area contributed by atoms with Crippen molar-refractivity contribution in [3.8, 4) is 0 Å². The number of hydrogen-bond donors (Lipinski definition) is 3. The van der Waals surface area contributed by atoms with Crippen molar-refractivity contribution in [2.75, 3.05) is 31.6 Å². The molecule has 7 nitrogen and oxygen atoms in total. The SMILES string of the molecule is CN(CC1CCNCC1)c1cc(C(=O)N[C@H]2C3CC4CC2C[C@](O)(C4)C3)nn1C. The van der Waals surface area contributed by atoms with Gasteiger partial charge in [0.1, 0.15) is 5.82 Å². The van der Waals surface area contributed by atoms with E-state index in [0.29, 0.717) is 29.4 Å². The summed E-state index contributed by atoms with van der Waals surface area (Å²) in [6.45, 7) is 3.18. The highest BCUT2D eigenvalue weighted by molar-refractivity contribution is 5.93. The third kappa shape index (κ3) is 3.67. The Hall–Kier alpha value is -1.60. The molecule has 7 heteroatoms. The van der Waals surface area contributed by atoms with Crippen LogP contribution in [0.4, 0.5) is 5.82 Å². The first-order chi connectivity index (χ1) is 13.9. The van der Waals surface area contributed by atoms with Gasteiger partial charge < -0.3 is 20.6 Å². The van der Waals surface area contributed by atoms with E-state index in [9.17, 15) is 9.90 Å². The standard InChI is InChI=1S/C22H35N5O2/c1-26(13-14-3-5-23-6-4-14)19-9-18(25-27(19)2)21(28)24-20-16-7-15-8-17(20)12-22(29,10-15)11-16/h9,14-17,20,23,29H,3-8,10-13H2,1-2H3,(H,24,28)/t15?,16?,17?,20-,22-. The Kier molecular flexibility index (Phi) is 4.86. The first kappa shape index (κ1) is 19.4. The minimum absolute atomic E-state index is 0.0634. The van der Waals surface area contributed by atoms with Crippen molar-refractivity contribution in [3.05, 3.63) is 11.8 Å². The van der Waals surface area contributed by atoms with Crippen molar-refractivity contribution in [1.82, 2.24) is 20.4 Å². The van der Waals surface area contributed by atoms with E-state index in [2.05, 4.69) is 27.7 Å². The monoisotopic (exact) mass is 401 g/mol. The Morgan fingerprint density at radius 2 is 2.00 bits per heavy atom. The summed E-state index contributed by atoms with van der Waals surface area (Å²) in [5, 5.41) is 22.0. The minimum atomic E-state index is -0.465. The normalized spacial score (nSPS) is 36.4. The molecule has 29 heavy (non-hydrogen) atoms. The molecule has 3 N–H and O–H groups in total. The Labute approximate surface area is 173 Å². The molecule has 6 rings (SSSR count). The summed E-state index contributed by atoms with van der Waals surface area (Å²) < 4.78 is 1.83. The van der Waals surface area contributed by atoms with Crippen molar-refractivity contribution < 1.29 is 9.90 Å². The van der Waals surface area contributed by atoms with Gasteiger partial charge in [0, 0.05) is 32.7 Å². The molecule has 4 bridgehead atoms. The van der Waals surface area contributed by atoms with E-state index in [0.717, 1.165) is 57.6 Å². The van der Waals surface area contributed by atoms with Crippen LogP contribution in [0.15, 0.2) is 6.07 Å². The average molecular weight is 402 g/mol. The van der Waals surface area contributed by atoms with Gasteiger partial charge in [-0.3, -0.25) is 9.48 Å². The number of nitrogens with zero attached hydrogens (tertiary/aromatic N) is 3. The lowest BCUT2D eigenvalue weighted by atomic mass is 9.52. The van der Waals surface area contributed by atoms with Crippen molar-refractivity contribution in [2.24, 2.45) is 30.7 Å². The summed E-state index contributed by atoms with van der Waals surface area (Å²) >= 11 is 0. The van der Waals surface area contributed by atoms with Gasteiger partial charge in [0.05, 0.1) is 5.60 Å². The maximum Gasteiger partial charge on any atom is 0.272 e. The lowest BCUT2D eigenvalue weighted by molar-refractivity contribution is -0.136. The number of aromatic nitrogens is 2. The molecule has 1 aromatic rings. The fraction of sp³-hybridized carbons (Fsp3) is 0.818. The van der Waals surface area contributed by atoms with Crippen LogP contribution in [0, 0.1) is 23.7 Å². The summed E-state index contributed by atoms with van der Waals surface area (Å²) in [6, 6.07) is 2.12. The molecule has 2 heterocycles. The fourth-order valence-corrected chi connectivity index (χ4v) is 6.91. The zero-order chi connectivity index (χ0) is 20.2. The van der Waals surface area contributed by atoms with E-state index in [1.807, 2.05) is 17.8 Å². The molecule has 4 aliphatic carbocycles. The fourth-order valence-electron chi connectivity index (χ4n) is 6.91. The summed E-state index contributed by atoms with van der Waals surface area (Å²) in [5.41, 5.74) is 0.0416. The van der Waals surface area contributed by atoms with E-state index >= 15 is 0 Å². The van der Waals surface area contributed by atoms with Crippen molar-refractivity contribution in [3.63, 3.8) is 0 Å². The maximum atomic E-state index is 13.0. The lowest BCUT2D eigenvalue weighted by Crippen LogP contribution is -2.61. The lowest BCUT2D eigenvalue weighted by Gasteiger charge is -2.58. The second-order valence-corrected chi connectivity index (χ2v) is 10.3. The zero-order valence-corrected chi connectivity index (χ0v) is 17.7. The molecule has 4 saturated carbocycles. The molecule has 1 saturated heterocycles. The number of hydrogen-bond acceptors (Lipinski definition) is 5. The topological polar surface area (TPSA) is 82.4 Å². The number of aryl methyl sites for hydroxylation is 1. The number of nitrogens with one attached hydrogen (secondary N) is 2. The van der Waals surface area contributed by atoms with Crippen LogP contribution in [-0.2, 0) is 7.05 Å². The molecule has 5 aliphatic rings. The Balaban J connectivity index is 1.24. The quantitative estimate of drug-likeness (QED) is 0.697. The predicted molar refractivity (Wildman–Crippen MR) is 112 cm³/mol. The maximum absolute atomic E-state index is 13.0. The van der Waals surface area contributed by atoms with E-state index in [-0.39, 0.29) is 11.9 Å². The van der Waals surface area contributed by atoms with Crippen LogP contribution >= 0.6 is 0 Å². The highest BCUT2D eigenvalue weighted by Crippen LogP contribution is 2.55. The van der Waals surface area contributed by atoms with E-state index in [4.69, 9.17) is 0 Å². The molecular weight excluding hydrogens is 366 g/mol. The first-order valence-corrected chi connectivity index (χ1v) is 11.4. The molecule has 0 spiro atoms. The van der Waals surface area contributed by atoms with Crippen LogP contribution in [0.3, 0.4) is 0 Å². The van der Waals surface area contributed by atoms with Gasteiger partial charge in [-0.1, -0.05) is 0 Å². The first-order valence-electron chi connectivity index (χ1n) is 11.4. The van der Waals surface area contributed by atoms with E-state index in [1.54, 1.807) is 0 Å². The molecule has 0 aromatic carbocycles. The zero-order valence-electron chi connectivity index (χ0n) is 17.7. The summed E-state index contributed by atoms with van der Waals surface area (Å²) in [4.78, 5) is 15.3. The van der Waals surface area contributed by atoms with Gasteiger partial charge in [0.2, 0.25) is 0 Å². The van der Waals surface area contributed by atoms with Crippen molar-refractivity contribution >= 4 is 11.7 Å². The van der Waals surface area contributed by atoms with Gasteiger partial charge in [-0.2, -0.15) is 5.10 Å². The molecule has 0 radical (unpaired) electrons. The Morgan fingerprint density at radius 3 is 2.66 bits per heavy atom. The van der Waals surface area contributed by atoms with Gasteiger partial charge in [-0.25, -0.2) is 0 Å². The van der Waals surface area contributed by atoms with Crippen LogP contribution in [0.2, 0.25) is 0 Å². The van der Waals surface area contributed by atoms with Crippen LogP contribution in [0.1, 0.15) is 55.4 Å². The van der Waals surface area contributed by atoms with E-state index < -0.39 is 5.60 Å². The van der Waals surface area contributed by atoms with Gasteiger partial charge in [-0.05, 0) is 81.7 Å². The van der Waals surface area contributed by atoms with Crippen molar-refractivity contribution in [2.45, 2.75) is 56.6 Å². The van der Waals surface area contributed by atoms with Gasteiger partial charge >= 0.3 is 0 Å². The second-order valence-electron chi connectivity index (χ2n) is 10.3. The number of piperidine rings is 1. The third-order valence-corrected chi connectivity index (χ3v) is 8.01. The molecule has 1 aromatic heterocycles. The number of amides is 1. The highest BCUT2D eigenvalue weighted by Gasteiger charge is 2.55. The van der Waals surface area contributed by atoms with Gasteiger partial charge in [0.15, 0.2) is 5.69 Å². The van der Waals surface area contributed by atoms with Crippen LogP contribution in [-0.4, -0.2) is 59.1 Å². The molecule has 1 aliphatic heterocycles. The highest BCUT2D eigenvalue weighted by atomic mass is 16.3. The van der Waals surface area contributed by atoms with E-state index in [1.165, 1.54) is 12.8 Å². The molecule has 160 valence electrons. The summed E-state index contributed by atoms with van der Waals surface area (Å²) in [7, 11) is 4.02. The molecule has 5 fully saturated rings. The number of carbonyl (C=O) groups excluding carboxylic acids is 1. The number of rotatable bonds is 5. The predicted octanol–water partition coefficient (Wildman–Crippen LogP) is 1.53. The Bertz CT molecular complexity index is 755.